The third-order valence-corrected chi connectivity index (χ3v) is 5.81. The van der Waals surface area contributed by atoms with Crippen LogP contribution in [0.1, 0.15) is 44.2 Å². The van der Waals surface area contributed by atoms with Crippen molar-refractivity contribution in [2.45, 2.75) is 45.7 Å². The largest absolute Gasteiger partial charge is 0.309 e. The minimum atomic E-state index is -1.07. The Morgan fingerprint density at radius 1 is 1.35 bits per heavy atom. The second-order valence-electron chi connectivity index (χ2n) is 8.26. The predicted octanol–water partition coefficient (Wildman–Crippen LogP) is 4.39. The summed E-state index contributed by atoms with van der Waals surface area (Å²) >= 11 is 0. The lowest BCUT2D eigenvalue weighted by Crippen LogP contribution is -2.15. The molecule has 1 aromatic carbocycles. The molecular formula is C22H22F2N6O. The number of halogens is 2. The van der Waals surface area contributed by atoms with E-state index in [4.69, 9.17) is 0 Å². The minimum Gasteiger partial charge on any atom is -0.309 e. The summed E-state index contributed by atoms with van der Waals surface area (Å²) in [6, 6.07) is 0. The molecule has 9 heteroatoms. The van der Waals surface area contributed by atoms with Gasteiger partial charge in [-0.2, -0.15) is 5.10 Å². The van der Waals surface area contributed by atoms with Crippen molar-refractivity contribution in [1.82, 2.24) is 24.6 Å². The number of rotatable bonds is 5. The third-order valence-electron chi connectivity index (χ3n) is 5.81. The monoisotopic (exact) mass is 424 g/mol. The fourth-order valence-electron chi connectivity index (χ4n) is 4.14. The number of anilines is 1. The summed E-state index contributed by atoms with van der Waals surface area (Å²) in [5.74, 6) is -0.886. The van der Waals surface area contributed by atoms with Crippen molar-refractivity contribution in [1.29, 1.82) is 0 Å². The van der Waals surface area contributed by atoms with E-state index < -0.39 is 12.1 Å². The predicted molar refractivity (Wildman–Crippen MR) is 113 cm³/mol. The van der Waals surface area contributed by atoms with Crippen LogP contribution >= 0.6 is 0 Å². The normalized spacial score (nSPS) is 18.3. The highest BCUT2D eigenvalue weighted by Crippen LogP contribution is 2.38. The fraction of sp³-hybridized carbons (Fsp3) is 0.364. The van der Waals surface area contributed by atoms with Gasteiger partial charge in [0.15, 0.2) is 11.5 Å². The van der Waals surface area contributed by atoms with Crippen LogP contribution in [0.25, 0.3) is 27.8 Å². The molecule has 1 fully saturated rings. The Bertz CT molecular complexity index is 1320. The van der Waals surface area contributed by atoms with Crippen LogP contribution in [0.4, 0.5) is 14.6 Å². The molecule has 1 aliphatic rings. The maximum Gasteiger partial charge on any atom is 0.231 e. The van der Waals surface area contributed by atoms with Gasteiger partial charge >= 0.3 is 0 Å². The Kier molecular flexibility index (Phi) is 4.49. The average Bonchev–Trinajstić information content (AvgIpc) is 3.11. The number of aromatic amines is 1. The number of benzene rings is 1. The molecule has 0 spiro atoms. The second kappa shape index (κ2) is 7.11. The summed E-state index contributed by atoms with van der Waals surface area (Å²) < 4.78 is 30.3. The molecule has 7 nitrogen and oxygen atoms in total. The molecule has 4 aromatic rings. The second-order valence-corrected chi connectivity index (χ2v) is 8.26. The zero-order chi connectivity index (χ0) is 21.9. The number of nitrogens with one attached hydrogen (secondary N) is 2. The van der Waals surface area contributed by atoms with Crippen LogP contribution in [0.5, 0.6) is 0 Å². The zero-order valence-electron chi connectivity index (χ0n) is 17.4. The van der Waals surface area contributed by atoms with E-state index in [1.165, 1.54) is 0 Å². The molecule has 31 heavy (non-hydrogen) atoms. The molecule has 3 aromatic heterocycles. The molecule has 5 rings (SSSR count). The number of amides is 1. The van der Waals surface area contributed by atoms with E-state index in [1.54, 1.807) is 29.2 Å². The maximum absolute atomic E-state index is 15.5. The molecule has 0 unspecified atom stereocenters. The number of H-pyrrole nitrogens is 1. The summed E-state index contributed by atoms with van der Waals surface area (Å²) in [6.07, 6.45) is 6.35. The van der Waals surface area contributed by atoms with Crippen LogP contribution in [0.2, 0.25) is 0 Å². The zero-order valence-corrected chi connectivity index (χ0v) is 17.4. The Hall–Kier alpha value is -3.36. The van der Waals surface area contributed by atoms with Gasteiger partial charge < -0.3 is 9.72 Å². The highest BCUT2D eigenvalue weighted by atomic mass is 19.1. The van der Waals surface area contributed by atoms with E-state index in [0.717, 1.165) is 5.39 Å². The van der Waals surface area contributed by atoms with E-state index in [2.05, 4.69) is 25.5 Å². The van der Waals surface area contributed by atoms with Crippen molar-refractivity contribution in [3.8, 4) is 11.3 Å². The van der Waals surface area contributed by atoms with E-state index in [9.17, 15) is 9.18 Å². The SMILES string of the molecule is CCc1c(F)c(C(C)C)c2[nH]ncc2c1-c1cn2cc(NC(=O)[C@@H]3C[C@@H]3F)nc2cn1. The quantitative estimate of drug-likeness (QED) is 0.497. The highest BCUT2D eigenvalue weighted by molar-refractivity contribution is 5.98. The van der Waals surface area contributed by atoms with Gasteiger partial charge in [0.1, 0.15) is 12.0 Å². The molecule has 0 aliphatic heterocycles. The number of carbonyl (C=O) groups is 1. The van der Waals surface area contributed by atoms with Crippen molar-refractivity contribution in [2.75, 3.05) is 5.32 Å². The molecular weight excluding hydrogens is 402 g/mol. The van der Waals surface area contributed by atoms with Gasteiger partial charge in [-0.1, -0.05) is 20.8 Å². The van der Waals surface area contributed by atoms with E-state index in [0.29, 0.717) is 45.8 Å². The van der Waals surface area contributed by atoms with E-state index in [1.807, 2.05) is 20.8 Å². The lowest BCUT2D eigenvalue weighted by Gasteiger charge is -2.17. The molecule has 0 radical (unpaired) electrons. The maximum atomic E-state index is 15.5. The van der Waals surface area contributed by atoms with E-state index >= 15 is 4.39 Å². The Morgan fingerprint density at radius 2 is 2.13 bits per heavy atom. The van der Waals surface area contributed by atoms with Crippen LogP contribution in [-0.4, -0.2) is 36.6 Å². The fourth-order valence-corrected chi connectivity index (χ4v) is 4.14. The molecule has 160 valence electrons. The summed E-state index contributed by atoms with van der Waals surface area (Å²) in [4.78, 5) is 20.9. The minimum absolute atomic E-state index is 0.00653. The number of aromatic nitrogens is 5. The van der Waals surface area contributed by atoms with Crippen LogP contribution in [0.15, 0.2) is 24.8 Å². The first-order valence-electron chi connectivity index (χ1n) is 10.4. The van der Waals surface area contributed by atoms with Crippen LogP contribution < -0.4 is 5.32 Å². The molecule has 2 N–H and O–H groups in total. The van der Waals surface area contributed by atoms with Crippen molar-refractivity contribution in [3.05, 3.63) is 41.7 Å². The average molecular weight is 424 g/mol. The van der Waals surface area contributed by atoms with Gasteiger partial charge in [-0.15, -0.1) is 0 Å². The molecule has 1 aliphatic carbocycles. The Balaban J connectivity index is 1.61. The molecule has 1 saturated carbocycles. The van der Waals surface area contributed by atoms with Crippen LogP contribution in [-0.2, 0) is 11.2 Å². The Labute approximate surface area is 176 Å². The van der Waals surface area contributed by atoms with Gasteiger partial charge in [-0.3, -0.25) is 14.9 Å². The van der Waals surface area contributed by atoms with Crippen molar-refractivity contribution in [3.63, 3.8) is 0 Å². The summed E-state index contributed by atoms with van der Waals surface area (Å²) in [5.41, 5.74) is 3.66. The molecule has 0 bridgehead atoms. The number of hydrogen-bond donors (Lipinski definition) is 2. The molecule has 0 saturated heterocycles. The van der Waals surface area contributed by atoms with Crippen molar-refractivity contribution >= 4 is 28.3 Å². The smallest absolute Gasteiger partial charge is 0.231 e. The Morgan fingerprint density at radius 3 is 2.81 bits per heavy atom. The van der Waals surface area contributed by atoms with Crippen LogP contribution in [0.3, 0.4) is 0 Å². The van der Waals surface area contributed by atoms with Gasteiger partial charge in [-0.05, 0) is 24.3 Å². The first-order chi connectivity index (χ1) is 14.9. The van der Waals surface area contributed by atoms with Gasteiger partial charge in [0.2, 0.25) is 5.91 Å². The van der Waals surface area contributed by atoms with Crippen molar-refractivity contribution in [2.24, 2.45) is 5.92 Å². The third kappa shape index (κ3) is 3.15. The summed E-state index contributed by atoms with van der Waals surface area (Å²) in [6.45, 7) is 5.82. The topological polar surface area (TPSA) is 88.0 Å². The van der Waals surface area contributed by atoms with Gasteiger partial charge in [0.05, 0.1) is 35.7 Å². The standard InChI is InChI=1S/C22H22F2N6O/c1-4-11-19(13-6-26-29-21(13)18(10(2)3)20(11)24)15-8-30-9-16(27-17(30)7-25-15)28-22(31)12-5-14(12)23/h6-10,12,14H,4-5H2,1-3H3,(H,26,29)(H,28,31)/t12-,14+/m1/s1. The number of nitrogens with zero attached hydrogens (tertiary/aromatic N) is 4. The van der Waals surface area contributed by atoms with Gasteiger partial charge in [0, 0.05) is 22.7 Å². The van der Waals surface area contributed by atoms with Gasteiger partial charge in [-0.25, -0.2) is 13.8 Å². The molecule has 3 heterocycles. The lowest BCUT2D eigenvalue weighted by molar-refractivity contribution is -0.117. The highest BCUT2D eigenvalue weighted by Gasteiger charge is 2.43. The summed E-state index contributed by atoms with van der Waals surface area (Å²) in [5, 5.41) is 10.6. The molecule has 2 atom stereocenters. The van der Waals surface area contributed by atoms with E-state index in [-0.39, 0.29) is 24.1 Å². The van der Waals surface area contributed by atoms with Crippen molar-refractivity contribution < 1.29 is 13.6 Å². The number of fused-ring (bicyclic) bond motifs is 2. The number of alkyl halides is 1. The lowest BCUT2D eigenvalue weighted by atomic mass is 9.90. The number of imidazole rings is 1. The number of carbonyl (C=O) groups excluding carboxylic acids is 1. The number of hydrogen-bond acceptors (Lipinski definition) is 4. The summed E-state index contributed by atoms with van der Waals surface area (Å²) in [7, 11) is 0. The van der Waals surface area contributed by atoms with Gasteiger partial charge in [0.25, 0.3) is 0 Å². The first kappa shape index (κ1) is 19.6. The molecule has 1 amide bonds. The first-order valence-corrected chi connectivity index (χ1v) is 10.4. The van der Waals surface area contributed by atoms with Crippen LogP contribution in [0, 0.1) is 11.7 Å².